The second kappa shape index (κ2) is 29.0. The monoisotopic (exact) mass is 1090 g/mol. The Labute approximate surface area is 454 Å². The van der Waals surface area contributed by atoms with E-state index in [9.17, 15) is 44.1 Å². The number of hydrogen-bond donors (Lipinski definition) is 3. The van der Waals surface area contributed by atoms with Crippen LogP contribution < -0.4 is 0 Å². The molecule has 0 aliphatic carbocycles. The number of alkyl halides is 3. The van der Waals surface area contributed by atoms with Gasteiger partial charge in [-0.3, -0.25) is 28.8 Å². The van der Waals surface area contributed by atoms with E-state index < -0.39 is 86.5 Å². The minimum atomic E-state index is -1.35. The maximum absolute atomic E-state index is 14.0. The molecule has 74 heavy (non-hydrogen) atoms. The highest BCUT2D eigenvalue weighted by Gasteiger charge is 2.35. The van der Waals surface area contributed by atoms with E-state index in [1.165, 1.54) is 11.1 Å². The van der Waals surface area contributed by atoms with Crippen molar-refractivity contribution < 1.29 is 58.3 Å². The minimum absolute atomic E-state index is 0.0796. The lowest BCUT2D eigenvalue weighted by atomic mass is 9.77. The highest BCUT2D eigenvalue weighted by atomic mass is 35.5. The molecule has 3 rings (SSSR count). The number of rotatable bonds is 29. The topological polar surface area (TPSA) is 191 Å². The molecule has 410 valence electrons. The Morgan fingerprint density at radius 1 is 0.419 bits per heavy atom. The van der Waals surface area contributed by atoms with Crippen molar-refractivity contribution in [2.45, 2.75) is 198 Å². The molecule has 0 bridgehead atoms. The normalized spacial score (nSPS) is 15.4. The van der Waals surface area contributed by atoms with Crippen LogP contribution in [0.3, 0.4) is 0 Å². The predicted molar refractivity (Wildman–Crippen MR) is 291 cm³/mol. The highest BCUT2D eigenvalue weighted by Crippen LogP contribution is 2.40. The number of benzene rings is 3. The SMILES string of the molecule is CC(C)Cc1ccc(CCC(CC(CC(CC(Cl)C(=O)O)C(=O)OC(C)(C)C)c2ccc(CCC(CC(Cl)C(=O)O)C(=O)OC(C)(C)C)cc2)c2ccc(CCC(CC(Cl)C(=O)O)C(=O)OC(C)(C)C)cc2)cc1. The highest BCUT2D eigenvalue weighted by molar-refractivity contribution is 6.30. The Morgan fingerprint density at radius 3 is 1.05 bits per heavy atom. The Balaban J connectivity index is 2.11. The van der Waals surface area contributed by atoms with Crippen molar-refractivity contribution in [3.8, 4) is 0 Å². The second-order valence-corrected chi connectivity index (χ2v) is 24.8. The van der Waals surface area contributed by atoms with Gasteiger partial charge in [-0.15, -0.1) is 34.8 Å². The molecule has 0 aromatic heterocycles. The van der Waals surface area contributed by atoms with E-state index in [1.54, 1.807) is 62.3 Å². The van der Waals surface area contributed by atoms with Crippen LogP contribution in [0.4, 0.5) is 0 Å². The van der Waals surface area contributed by atoms with Crippen molar-refractivity contribution in [3.05, 3.63) is 106 Å². The number of ether oxygens (including phenoxy) is 3. The Kier molecular flexibility index (Phi) is 25.0. The van der Waals surface area contributed by atoms with E-state index in [0.717, 1.165) is 41.5 Å². The molecular formula is C59H81Cl3O12. The molecule has 8 atom stereocenters. The van der Waals surface area contributed by atoms with Crippen molar-refractivity contribution >= 4 is 70.6 Å². The molecule has 12 nitrogen and oxygen atoms in total. The number of hydrogen-bond acceptors (Lipinski definition) is 9. The van der Waals surface area contributed by atoms with E-state index >= 15 is 0 Å². The Bertz CT molecular complexity index is 2270. The summed E-state index contributed by atoms with van der Waals surface area (Å²) in [7, 11) is 0. The molecule has 0 heterocycles. The van der Waals surface area contributed by atoms with Gasteiger partial charge in [0.25, 0.3) is 0 Å². The standard InChI is InChI=1S/C59H81Cl3O12/c1-36(2)30-40-14-12-37(13-15-40)20-27-43(41-23-16-38(17-24-41)21-28-44(33-48(60)51(63)64)54(69)72-57(3,4)5)31-46(32-47(35-50(62)53(67)68)56(71)74-59(9,10)11)42-25-18-39(19-26-42)22-29-45(34-49(61)52(65)66)55(70)73-58(6,7)8/h12-19,23-26,36,43-50H,20-22,27-35H2,1-11H3,(H,63,64)(H,65,66)(H,67,68). The number of carbonyl (C=O) groups excluding carboxylic acids is 3. The molecule has 0 aliphatic heterocycles. The fourth-order valence-corrected chi connectivity index (χ4v) is 9.53. The van der Waals surface area contributed by atoms with Gasteiger partial charge >= 0.3 is 35.8 Å². The van der Waals surface area contributed by atoms with Gasteiger partial charge in [0.2, 0.25) is 0 Å². The zero-order valence-corrected chi connectivity index (χ0v) is 47.5. The van der Waals surface area contributed by atoms with Gasteiger partial charge in [0.05, 0.1) is 17.8 Å². The molecule has 3 N–H and O–H groups in total. The fraction of sp³-hybridized carbons (Fsp3) is 0.593. The van der Waals surface area contributed by atoms with Crippen molar-refractivity contribution in [2.24, 2.45) is 23.7 Å². The van der Waals surface area contributed by atoms with Gasteiger partial charge in [-0.25, -0.2) is 0 Å². The van der Waals surface area contributed by atoms with Crippen LogP contribution in [0, 0.1) is 23.7 Å². The maximum Gasteiger partial charge on any atom is 0.321 e. The Hall–Kier alpha value is -4.65. The number of carbonyl (C=O) groups is 6. The zero-order chi connectivity index (χ0) is 55.7. The first kappa shape index (κ1) is 63.6. The predicted octanol–water partition coefficient (Wildman–Crippen LogP) is 13.2. The van der Waals surface area contributed by atoms with Crippen LogP contribution in [0.1, 0.15) is 173 Å². The van der Waals surface area contributed by atoms with Gasteiger partial charge in [0.15, 0.2) is 0 Å². The third-order valence-corrected chi connectivity index (χ3v) is 13.6. The van der Waals surface area contributed by atoms with Crippen molar-refractivity contribution in [1.82, 2.24) is 0 Å². The van der Waals surface area contributed by atoms with E-state index in [2.05, 4.69) is 50.2 Å². The number of aliphatic carboxylic acids is 3. The lowest BCUT2D eigenvalue weighted by molar-refractivity contribution is -0.162. The Morgan fingerprint density at radius 2 is 0.716 bits per heavy atom. The van der Waals surface area contributed by atoms with Gasteiger partial charge in [0.1, 0.15) is 32.9 Å². The molecule has 0 saturated heterocycles. The molecule has 8 unspecified atom stereocenters. The lowest BCUT2D eigenvalue weighted by Gasteiger charge is -2.30. The first-order valence-corrected chi connectivity index (χ1v) is 27.1. The minimum Gasteiger partial charge on any atom is -0.480 e. The van der Waals surface area contributed by atoms with Crippen molar-refractivity contribution in [1.29, 1.82) is 0 Å². The van der Waals surface area contributed by atoms with Crippen molar-refractivity contribution in [3.63, 3.8) is 0 Å². The zero-order valence-electron chi connectivity index (χ0n) is 45.3. The van der Waals surface area contributed by atoms with Crippen molar-refractivity contribution in [2.75, 3.05) is 0 Å². The van der Waals surface area contributed by atoms with Crippen LogP contribution in [0.25, 0.3) is 0 Å². The second-order valence-electron chi connectivity index (χ2n) is 23.2. The molecule has 3 aromatic carbocycles. The molecule has 0 aliphatic rings. The first-order chi connectivity index (χ1) is 34.3. The van der Waals surface area contributed by atoms with Gasteiger partial charge in [0, 0.05) is 0 Å². The number of carboxylic acid groups (broad SMARTS) is 3. The van der Waals surface area contributed by atoms with Gasteiger partial charge in [-0.1, -0.05) is 86.6 Å². The van der Waals surface area contributed by atoms with Gasteiger partial charge < -0.3 is 29.5 Å². The van der Waals surface area contributed by atoms with Crippen LogP contribution in [-0.2, 0) is 68.7 Å². The third kappa shape index (κ3) is 23.9. The van der Waals surface area contributed by atoms with E-state index in [1.807, 2.05) is 36.4 Å². The quantitative estimate of drug-likeness (QED) is 0.0339. The fourth-order valence-electron chi connectivity index (χ4n) is 8.88. The molecular weight excluding hydrogens is 1010 g/mol. The number of esters is 3. The van der Waals surface area contributed by atoms with Gasteiger partial charge in [-0.2, -0.15) is 0 Å². The molecule has 0 fully saturated rings. The largest absolute Gasteiger partial charge is 0.480 e. The summed E-state index contributed by atoms with van der Waals surface area (Å²) in [4.78, 5) is 76.1. The van der Waals surface area contributed by atoms with E-state index in [0.29, 0.717) is 31.6 Å². The average molecular weight is 1090 g/mol. The van der Waals surface area contributed by atoms with E-state index in [4.69, 9.17) is 49.0 Å². The summed E-state index contributed by atoms with van der Waals surface area (Å²) in [6.45, 7) is 20.2. The number of carboxylic acids is 3. The first-order valence-electron chi connectivity index (χ1n) is 25.8. The average Bonchev–Trinajstić information content (AvgIpc) is 3.28. The number of aryl methyl sites for hydroxylation is 3. The third-order valence-electron chi connectivity index (χ3n) is 12.6. The van der Waals surface area contributed by atoms with Crippen LogP contribution in [0.5, 0.6) is 0 Å². The van der Waals surface area contributed by atoms with Gasteiger partial charge in [-0.05, 0) is 190 Å². The van der Waals surface area contributed by atoms with Crippen LogP contribution in [0.15, 0.2) is 72.8 Å². The molecule has 0 amide bonds. The molecule has 3 aromatic rings. The lowest BCUT2D eigenvalue weighted by Crippen LogP contribution is -2.32. The van der Waals surface area contributed by atoms with Crippen LogP contribution >= 0.6 is 34.8 Å². The molecule has 0 spiro atoms. The summed E-state index contributed by atoms with van der Waals surface area (Å²) in [6.07, 6.45) is 4.33. The number of halogens is 3. The summed E-state index contributed by atoms with van der Waals surface area (Å²) < 4.78 is 17.2. The van der Waals surface area contributed by atoms with E-state index in [-0.39, 0.29) is 43.9 Å². The van der Waals surface area contributed by atoms with Crippen LogP contribution in [-0.4, -0.2) is 84.1 Å². The maximum atomic E-state index is 14.0. The molecule has 15 heteroatoms. The summed E-state index contributed by atoms with van der Waals surface area (Å²) in [5, 5.41) is 25.2. The molecule has 0 radical (unpaired) electrons. The summed E-state index contributed by atoms with van der Waals surface area (Å²) in [5.41, 5.74) is 3.75. The smallest absolute Gasteiger partial charge is 0.321 e. The summed E-state index contributed by atoms with van der Waals surface area (Å²) >= 11 is 18.7. The molecule has 0 saturated carbocycles. The summed E-state index contributed by atoms with van der Waals surface area (Å²) in [6, 6.07) is 24.7. The van der Waals surface area contributed by atoms with Crippen LogP contribution in [0.2, 0.25) is 0 Å². The summed E-state index contributed by atoms with van der Waals surface area (Å²) in [5.74, 6) is -7.52.